The smallest absolute Gasteiger partial charge is 0.257 e. The van der Waals surface area contributed by atoms with Crippen molar-refractivity contribution in [1.29, 1.82) is 0 Å². The highest BCUT2D eigenvalue weighted by molar-refractivity contribution is 6.30. The second kappa shape index (κ2) is 6.10. The van der Waals surface area contributed by atoms with Gasteiger partial charge in [0.2, 0.25) is 0 Å². The van der Waals surface area contributed by atoms with Crippen molar-refractivity contribution in [1.82, 2.24) is 14.7 Å². The summed E-state index contributed by atoms with van der Waals surface area (Å²) in [5, 5.41) is 4.99. The minimum atomic E-state index is 0.0294. The van der Waals surface area contributed by atoms with Crippen LogP contribution in [0, 0.1) is 12.8 Å². The van der Waals surface area contributed by atoms with Crippen LogP contribution in [0.1, 0.15) is 22.5 Å². The Morgan fingerprint density at radius 2 is 2.32 bits per heavy atom. The third kappa shape index (κ3) is 2.74. The van der Waals surface area contributed by atoms with E-state index in [4.69, 9.17) is 17.3 Å². The van der Waals surface area contributed by atoms with E-state index in [-0.39, 0.29) is 5.91 Å². The summed E-state index contributed by atoms with van der Waals surface area (Å²) in [7, 11) is 0. The standard InChI is InChI=1S/C16H19ClN4O/c1-11-15(16(22)20-6-5-12(8-18)10-20)9-19-21(11)14-4-2-3-13(17)7-14/h2-4,7,9,12H,5-6,8,10,18H2,1H3/t12-/m1/s1. The number of carbonyl (C=O) groups excluding carboxylic acids is 1. The van der Waals surface area contributed by atoms with Gasteiger partial charge in [0, 0.05) is 18.1 Å². The molecule has 1 aromatic heterocycles. The number of nitrogens with two attached hydrogens (primary N) is 1. The average Bonchev–Trinajstić information content (AvgIpc) is 3.13. The fraction of sp³-hybridized carbons (Fsp3) is 0.375. The Morgan fingerprint density at radius 3 is 3.00 bits per heavy atom. The lowest BCUT2D eigenvalue weighted by Crippen LogP contribution is -2.30. The molecule has 0 bridgehead atoms. The van der Waals surface area contributed by atoms with Gasteiger partial charge in [0.25, 0.3) is 5.91 Å². The lowest BCUT2D eigenvalue weighted by atomic mass is 10.1. The minimum absolute atomic E-state index is 0.0294. The van der Waals surface area contributed by atoms with Gasteiger partial charge in [0.15, 0.2) is 0 Å². The van der Waals surface area contributed by atoms with Gasteiger partial charge in [0.1, 0.15) is 0 Å². The SMILES string of the molecule is Cc1c(C(=O)N2CC[C@H](CN)C2)cnn1-c1cccc(Cl)c1. The normalized spacial score (nSPS) is 18.0. The predicted molar refractivity (Wildman–Crippen MR) is 86.4 cm³/mol. The van der Waals surface area contributed by atoms with Gasteiger partial charge in [-0.2, -0.15) is 5.10 Å². The van der Waals surface area contributed by atoms with Gasteiger partial charge < -0.3 is 10.6 Å². The molecule has 1 fully saturated rings. The number of likely N-dealkylation sites (tertiary alicyclic amines) is 1. The largest absolute Gasteiger partial charge is 0.338 e. The maximum atomic E-state index is 12.6. The number of carbonyl (C=O) groups is 1. The van der Waals surface area contributed by atoms with E-state index in [0.717, 1.165) is 30.9 Å². The van der Waals surface area contributed by atoms with Crippen molar-refractivity contribution in [3.8, 4) is 5.69 Å². The van der Waals surface area contributed by atoms with Crippen molar-refractivity contribution < 1.29 is 4.79 Å². The summed E-state index contributed by atoms with van der Waals surface area (Å²) < 4.78 is 1.75. The molecule has 1 aromatic carbocycles. The first-order chi connectivity index (χ1) is 10.6. The van der Waals surface area contributed by atoms with Crippen molar-refractivity contribution in [2.75, 3.05) is 19.6 Å². The van der Waals surface area contributed by atoms with Crippen LogP contribution >= 0.6 is 11.6 Å². The molecular weight excluding hydrogens is 300 g/mol. The quantitative estimate of drug-likeness (QED) is 0.944. The van der Waals surface area contributed by atoms with E-state index < -0.39 is 0 Å². The highest BCUT2D eigenvalue weighted by Gasteiger charge is 2.28. The fourth-order valence-electron chi connectivity index (χ4n) is 2.87. The number of hydrogen-bond acceptors (Lipinski definition) is 3. The molecule has 2 heterocycles. The number of aromatic nitrogens is 2. The summed E-state index contributed by atoms with van der Waals surface area (Å²) in [6.07, 6.45) is 2.61. The third-order valence-corrected chi connectivity index (χ3v) is 4.43. The maximum Gasteiger partial charge on any atom is 0.257 e. The Bertz CT molecular complexity index is 697. The van der Waals surface area contributed by atoms with Crippen LogP contribution in [-0.2, 0) is 0 Å². The summed E-state index contributed by atoms with van der Waals surface area (Å²) in [6.45, 7) is 4.03. The van der Waals surface area contributed by atoms with Crippen LogP contribution in [0.4, 0.5) is 0 Å². The fourth-order valence-corrected chi connectivity index (χ4v) is 3.05. The number of amides is 1. The molecular formula is C16H19ClN4O. The summed E-state index contributed by atoms with van der Waals surface area (Å²) in [4.78, 5) is 14.5. The van der Waals surface area contributed by atoms with E-state index in [9.17, 15) is 4.79 Å². The van der Waals surface area contributed by atoms with Crippen molar-refractivity contribution in [3.05, 3.63) is 46.7 Å². The molecule has 5 nitrogen and oxygen atoms in total. The zero-order valence-corrected chi connectivity index (χ0v) is 13.3. The van der Waals surface area contributed by atoms with Crippen LogP contribution in [0.2, 0.25) is 5.02 Å². The molecule has 116 valence electrons. The van der Waals surface area contributed by atoms with E-state index in [1.807, 2.05) is 36.1 Å². The number of nitrogens with zero attached hydrogens (tertiary/aromatic N) is 3. The van der Waals surface area contributed by atoms with Gasteiger partial charge in [-0.15, -0.1) is 0 Å². The Labute approximate surface area is 134 Å². The number of hydrogen-bond donors (Lipinski definition) is 1. The Morgan fingerprint density at radius 1 is 1.50 bits per heavy atom. The molecule has 1 aliphatic heterocycles. The molecule has 2 N–H and O–H groups in total. The molecule has 0 saturated carbocycles. The third-order valence-electron chi connectivity index (χ3n) is 4.20. The molecule has 22 heavy (non-hydrogen) atoms. The first-order valence-electron chi connectivity index (χ1n) is 7.40. The van der Waals surface area contributed by atoms with Gasteiger partial charge in [-0.25, -0.2) is 4.68 Å². The Balaban J connectivity index is 1.86. The lowest BCUT2D eigenvalue weighted by Gasteiger charge is -2.16. The molecule has 1 aliphatic rings. The van der Waals surface area contributed by atoms with Gasteiger partial charge in [-0.05, 0) is 44.0 Å². The van der Waals surface area contributed by atoms with Gasteiger partial charge in [0.05, 0.1) is 23.1 Å². The van der Waals surface area contributed by atoms with E-state index in [1.54, 1.807) is 10.9 Å². The topological polar surface area (TPSA) is 64.2 Å². The van der Waals surface area contributed by atoms with Crippen LogP contribution in [0.25, 0.3) is 5.69 Å². The second-order valence-electron chi connectivity index (χ2n) is 5.68. The first kappa shape index (κ1) is 15.1. The predicted octanol–water partition coefficient (Wildman–Crippen LogP) is 2.25. The highest BCUT2D eigenvalue weighted by atomic mass is 35.5. The van der Waals surface area contributed by atoms with Crippen LogP contribution in [0.3, 0.4) is 0 Å². The van der Waals surface area contributed by atoms with E-state index in [1.165, 1.54) is 0 Å². The van der Waals surface area contributed by atoms with Gasteiger partial charge in [-0.3, -0.25) is 4.79 Å². The van der Waals surface area contributed by atoms with Crippen LogP contribution in [0.5, 0.6) is 0 Å². The number of benzene rings is 1. The summed E-state index contributed by atoms with van der Waals surface area (Å²) in [6, 6.07) is 7.43. The summed E-state index contributed by atoms with van der Waals surface area (Å²) in [5.41, 5.74) is 8.00. The summed E-state index contributed by atoms with van der Waals surface area (Å²) >= 11 is 6.02. The van der Waals surface area contributed by atoms with E-state index in [2.05, 4.69) is 5.10 Å². The molecule has 0 radical (unpaired) electrons. The maximum absolute atomic E-state index is 12.6. The number of halogens is 1. The lowest BCUT2D eigenvalue weighted by molar-refractivity contribution is 0.0787. The molecule has 6 heteroatoms. The zero-order valence-electron chi connectivity index (χ0n) is 12.5. The Kier molecular flexibility index (Phi) is 4.18. The molecule has 3 rings (SSSR count). The first-order valence-corrected chi connectivity index (χ1v) is 7.78. The minimum Gasteiger partial charge on any atom is -0.338 e. The van der Waals surface area contributed by atoms with E-state index in [0.29, 0.717) is 23.0 Å². The molecule has 0 spiro atoms. The average molecular weight is 319 g/mol. The Hall–Kier alpha value is -1.85. The second-order valence-corrected chi connectivity index (χ2v) is 6.11. The molecule has 2 aromatic rings. The molecule has 1 saturated heterocycles. The van der Waals surface area contributed by atoms with Gasteiger partial charge in [-0.1, -0.05) is 17.7 Å². The van der Waals surface area contributed by atoms with Crippen molar-refractivity contribution >= 4 is 17.5 Å². The van der Waals surface area contributed by atoms with E-state index >= 15 is 0 Å². The van der Waals surface area contributed by atoms with Crippen molar-refractivity contribution in [2.45, 2.75) is 13.3 Å². The zero-order chi connectivity index (χ0) is 15.7. The van der Waals surface area contributed by atoms with Crippen molar-refractivity contribution in [3.63, 3.8) is 0 Å². The molecule has 1 amide bonds. The summed E-state index contributed by atoms with van der Waals surface area (Å²) in [5.74, 6) is 0.439. The van der Waals surface area contributed by atoms with Crippen LogP contribution in [0.15, 0.2) is 30.5 Å². The van der Waals surface area contributed by atoms with Gasteiger partial charge >= 0.3 is 0 Å². The van der Waals surface area contributed by atoms with Crippen molar-refractivity contribution in [2.24, 2.45) is 11.7 Å². The molecule has 0 unspecified atom stereocenters. The molecule has 0 aliphatic carbocycles. The number of rotatable bonds is 3. The highest BCUT2D eigenvalue weighted by Crippen LogP contribution is 2.22. The van der Waals surface area contributed by atoms with Crippen LogP contribution < -0.4 is 5.73 Å². The monoisotopic (exact) mass is 318 g/mol. The van der Waals surface area contributed by atoms with Crippen LogP contribution in [-0.4, -0.2) is 40.2 Å². The molecule has 1 atom stereocenters.